The molecule has 1 atom stereocenters. The summed E-state index contributed by atoms with van der Waals surface area (Å²) in [5.41, 5.74) is 1.03. The molecule has 2 N–H and O–H groups in total. The van der Waals surface area contributed by atoms with Crippen molar-refractivity contribution in [3.05, 3.63) is 41.0 Å². The van der Waals surface area contributed by atoms with E-state index in [1.54, 1.807) is 24.4 Å². The van der Waals surface area contributed by atoms with Crippen molar-refractivity contribution in [1.82, 2.24) is 10.3 Å². The fourth-order valence-corrected chi connectivity index (χ4v) is 2.49. The molecule has 0 aliphatic heterocycles. The first-order valence-corrected chi connectivity index (χ1v) is 7.35. The molecule has 0 saturated carbocycles. The second-order valence-electron chi connectivity index (χ2n) is 5.52. The van der Waals surface area contributed by atoms with E-state index in [0.29, 0.717) is 28.4 Å². The fraction of sp³-hybridized carbons (Fsp3) is 0.375. The van der Waals surface area contributed by atoms with Gasteiger partial charge in [0.1, 0.15) is 0 Å². The van der Waals surface area contributed by atoms with E-state index in [1.807, 2.05) is 19.9 Å². The number of benzene rings is 1. The van der Waals surface area contributed by atoms with Crippen molar-refractivity contribution in [2.24, 2.45) is 5.92 Å². The van der Waals surface area contributed by atoms with Gasteiger partial charge in [0, 0.05) is 23.2 Å². The highest BCUT2D eigenvalue weighted by Gasteiger charge is 2.14. The van der Waals surface area contributed by atoms with E-state index in [-0.39, 0.29) is 12.5 Å². The van der Waals surface area contributed by atoms with Gasteiger partial charge < -0.3 is 10.4 Å². The molecule has 0 bridgehead atoms. The summed E-state index contributed by atoms with van der Waals surface area (Å²) >= 11 is 6.04. The minimum absolute atomic E-state index is 0.220. The Kier molecular flexibility index (Phi) is 5.15. The molecular weight excluding hydrogens is 288 g/mol. The second-order valence-corrected chi connectivity index (χ2v) is 5.96. The Hall–Kier alpha value is -1.65. The molecule has 2 rings (SSSR count). The van der Waals surface area contributed by atoms with Gasteiger partial charge in [0.15, 0.2) is 0 Å². The van der Waals surface area contributed by atoms with E-state index in [9.17, 15) is 9.90 Å². The average molecular weight is 307 g/mol. The number of aromatic nitrogens is 1. The highest BCUT2D eigenvalue weighted by Crippen LogP contribution is 2.22. The lowest BCUT2D eigenvalue weighted by Crippen LogP contribution is -2.33. The van der Waals surface area contributed by atoms with Crippen molar-refractivity contribution < 1.29 is 9.90 Å². The summed E-state index contributed by atoms with van der Waals surface area (Å²) in [5.74, 6) is 0.106. The molecule has 1 aromatic heterocycles. The van der Waals surface area contributed by atoms with Crippen molar-refractivity contribution >= 4 is 28.4 Å². The van der Waals surface area contributed by atoms with Crippen LogP contribution in [0.25, 0.3) is 10.9 Å². The molecule has 1 aromatic carbocycles. The number of hydrogen-bond donors (Lipinski definition) is 2. The van der Waals surface area contributed by atoms with Gasteiger partial charge in [0.05, 0.1) is 17.2 Å². The zero-order valence-electron chi connectivity index (χ0n) is 12.1. The number of carbonyl (C=O) groups is 1. The van der Waals surface area contributed by atoms with Crippen LogP contribution < -0.4 is 5.32 Å². The normalized spacial score (nSPS) is 12.6. The smallest absolute Gasteiger partial charge is 0.253 e. The van der Waals surface area contributed by atoms with Crippen LogP contribution in [0.1, 0.15) is 30.6 Å². The molecule has 5 heteroatoms. The predicted octanol–water partition coefficient (Wildman–Crippen LogP) is 3.03. The van der Waals surface area contributed by atoms with Gasteiger partial charge in [-0.1, -0.05) is 31.5 Å². The van der Waals surface area contributed by atoms with Gasteiger partial charge >= 0.3 is 0 Å². The lowest BCUT2D eigenvalue weighted by molar-refractivity contribution is 0.0901. The fourth-order valence-electron chi connectivity index (χ4n) is 2.26. The number of aliphatic hydroxyl groups excluding tert-OH is 1. The minimum atomic E-state index is -0.549. The number of fused-ring (bicyclic) bond motifs is 1. The number of nitrogens with one attached hydrogen (secondary N) is 1. The highest BCUT2D eigenvalue weighted by atomic mass is 35.5. The van der Waals surface area contributed by atoms with Crippen LogP contribution in [0.4, 0.5) is 0 Å². The summed E-state index contributed by atoms with van der Waals surface area (Å²) in [4.78, 5) is 16.5. The van der Waals surface area contributed by atoms with Crippen molar-refractivity contribution in [2.45, 2.75) is 26.4 Å². The Morgan fingerprint density at radius 2 is 2.19 bits per heavy atom. The molecule has 0 aliphatic carbocycles. The number of rotatable bonds is 5. The summed E-state index contributed by atoms with van der Waals surface area (Å²) in [5, 5.41) is 13.9. The molecule has 0 saturated heterocycles. The maximum Gasteiger partial charge on any atom is 0.253 e. The number of amides is 1. The lowest BCUT2D eigenvalue weighted by Gasteiger charge is -2.14. The van der Waals surface area contributed by atoms with Crippen LogP contribution in [0, 0.1) is 5.92 Å². The first-order valence-electron chi connectivity index (χ1n) is 6.98. The van der Waals surface area contributed by atoms with Crippen molar-refractivity contribution in [3.8, 4) is 0 Å². The van der Waals surface area contributed by atoms with Crippen LogP contribution in [-0.2, 0) is 0 Å². The summed E-state index contributed by atoms with van der Waals surface area (Å²) in [7, 11) is 0. The first-order chi connectivity index (χ1) is 9.97. The highest BCUT2D eigenvalue weighted by molar-refractivity contribution is 6.32. The minimum Gasteiger partial charge on any atom is -0.391 e. The Balaban J connectivity index is 2.16. The van der Waals surface area contributed by atoms with Crippen molar-refractivity contribution in [2.75, 3.05) is 6.54 Å². The molecule has 1 amide bonds. The number of carbonyl (C=O) groups excluding carboxylic acids is 1. The second kappa shape index (κ2) is 6.87. The molecule has 1 heterocycles. The maximum atomic E-state index is 12.3. The Morgan fingerprint density at radius 3 is 2.90 bits per heavy atom. The molecule has 112 valence electrons. The zero-order valence-corrected chi connectivity index (χ0v) is 12.9. The van der Waals surface area contributed by atoms with Gasteiger partial charge in [-0.25, -0.2) is 0 Å². The monoisotopic (exact) mass is 306 g/mol. The SMILES string of the molecule is CC(C)CC(O)CNC(=O)c1cc(Cl)cc2cccnc12. The molecule has 21 heavy (non-hydrogen) atoms. The average Bonchev–Trinajstić information content (AvgIpc) is 2.43. The topological polar surface area (TPSA) is 62.2 Å². The van der Waals surface area contributed by atoms with Crippen LogP contribution in [0.5, 0.6) is 0 Å². The van der Waals surface area contributed by atoms with Crippen LogP contribution in [0.15, 0.2) is 30.5 Å². The van der Waals surface area contributed by atoms with Crippen molar-refractivity contribution in [3.63, 3.8) is 0 Å². The van der Waals surface area contributed by atoms with Crippen LogP contribution in [-0.4, -0.2) is 28.6 Å². The Labute approximate surface area is 129 Å². The third-order valence-corrected chi connectivity index (χ3v) is 3.37. The summed E-state index contributed by atoms with van der Waals surface area (Å²) in [6.45, 7) is 4.27. The maximum absolute atomic E-state index is 12.3. The number of halogens is 1. The molecule has 1 unspecified atom stereocenters. The molecule has 2 aromatic rings. The lowest BCUT2D eigenvalue weighted by atomic mass is 10.1. The quantitative estimate of drug-likeness (QED) is 0.892. The third-order valence-electron chi connectivity index (χ3n) is 3.16. The van der Waals surface area contributed by atoms with Gasteiger partial charge in [-0.05, 0) is 30.5 Å². The van der Waals surface area contributed by atoms with Crippen LogP contribution >= 0.6 is 11.6 Å². The third kappa shape index (κ3) is 4.16. The molecule has 0 spiro atoms. The van der Waals surface area contributed by atoms with E-state index < -0.39 is 6.10 Å². The Bertz CT molecular complexity index is 643. The number of nitrogens with zero attached hydrogens (tertiary/aromatic N) is 1. The number of pyridine rings is 1. The van der Waals surface area contributed by atoms with Gasteiger partial charge in [0.25, 0.3) is 5.91 Å². The van der Waals surface area contributed by atoms with E-state index in [1.165, 1.54) is 0 Å². The van der Waals surface area contributed by atoms with Crippen LogP contribution in [0.3, 0.4) is 0 Å². The summed E-state index contributed by atoms with van der Waals surface area (Å²) in [6, 6.07) is 7.03. The molecule has 0 radical (unpaired) electrons. The molecule has 0 fully saturated rings. The van der Waals surface area contributed by atoms with E-state index in [0.717, 1.165) is 5.39 Å². The summed E-state index contributed by atoms with van der Waals surface area (Å²) in [6.07, 6.45) is 1.74. The number of hydrogen-bond acceptors (Lipinski definition) is 3. The Morgan fingerprint density at radius 1 is 1.43 bits per heavy atom. The van der Waals surface area contributed by atoms with Gasteiger partial charge in [0.2, 0.25) is 0 Å². The van der Waals surface area contributed by atoms with E-state index >= 15 is 0 Å². The van der Waals surface area contributed by atoms with Gasteiger partial charge in [-0.2, -0.15) is 0 Å². The van der Waals surface area contributed by atoms with E-state index in [4.69, 9.17) is 11.6 Å². The van der Waals surface area contributed by atoms with Gasteiger partial charge in [-0.3, -0.25) is 9.78 Å². The zero-order chi connectivity index (χ0) is 15.4. The standard InChI is InChI=1S/C16H19ClN2O2/c1-10(2)6-13(20)9-19-16(21)14-8-12(17)7-11-4-3-5-18-15(11)14/h3-5,7-8,10,13,20H,6,9H2,1-2H3,(H,19,21). The van der Waals surface area contributed by atoms with Crippen molar-refractivity contribution in [1.29, 1.82) is 0 Å². The predicted molar refractivity (Wildman–Crippen MR) is 84.5 cm³/mol. The summed E-state index contributed by atoms with van der Waals surface area (Å²) < 4.78 is 0. The molecule has 4 nitrogen and oxygen atoms in total. The number of aliphatic hydroxyl groups is 1. The van der Waals surface area contributed by atoms with Gasteiger partial charge in [-0.15, -0.1) is 0 Å². The molecular formula is C16H19ClN2O2. The molecule has 0 aliphatic rings. The first kappa shape index (κ1) is 15.7. The van der Waals surface area contributed by atoms with E-state index in [2.05, 4.69) is 10.3 Å². The largest absolute Gasteiger partial charge is 0.391 e. The van der Waals surface area contributed by atoms with Crippen LogP contribution in [0.2, 0.25) is 5.02 Å².